The lowest BCUT2D eigenvalue weighted by Gasteiger charge is -2.34. The summed E-state index contributed by atoms with van der Waals surface area (Å²) < 4.78 is 45.0. The van der Waals surface area contributed by atoms with Crippen LogP contribution in [0.4, 0.5) is 10.1 Å². The Balaban J connectivity index is 2.48. The van der Waals surface area contributed by atoms with E-state index < -0.39 is 39.9 Å². The second-order valence-electron chi connectivity index (χ2n) is 9.29. The summed E-state index contributed by atoms with van der Waals surface area (Å²) in [7, 11) is -2.41. The highest BCUT2D eigenvalue weighted by molar-refractivity contribution is 7.92. The van der Waals surface area contributed by atoms with E-state index in [4.69, 9.17) is 4.74 Å². The Kier molecular flexibility index (Phi) is 9.25. The molecule has 2 aromatic rings. The Morgan fingerprint density at radius 2 is 1.77 bits per heavy atom. The number of anilines is 1. The number of halogens is 1. The molecule has 0 radical (unpaired) electrons. The maximum Gasteiger partial charge on any atom is 0.244 e. The van der Waals surface area contributed by atoms with Crippen LogP contribution in [0, 0.1) is 5.82 Å². The molecule has 0 spiro atoms. The van der Waals surface area contributed by atoms with Crippen LogP contribution in [0.2, 0.25) is 0 Å². The first kappa shape index (κ1) is 28.1. The van der Waals surface area contributed by atoms with Gasteiger partial charge in [-0.3, -0.25) is 13.9 Å². The quantitative estimate of drug-likeness (QED) is 0.532. The van der Waals surface area contributed by atoms with Gasteiger partial charge in [0.05, 0.1) is 19.1 Å². The molecule has 1 atom stereocenters. The van der Waals surface area contributed by atoms with Crippen LogP contribution >= 0.6 is 0 Å². The average Bonchev–Trinajstić information content (AvgIpc) is 2.75. The van der Waals surface area contributed by atoms with Gasteiger partial charge in [-0.1, -0.05) is 25.1 Å². The molecule has 192 valence electrons. The van der Waals surface area contributed by atoms with E-state index in [0.717, 1.165) is 16.6 Å². The highest BCUT2D eigenvalue weighted by Crippen LogP contribution is 2.22. The van der Waals surface area contributed by atoms with Gasteiger partial charge in [0.15, 0.2) is 0 Å². The van der Waals surface area contributed by atoms with E-state index in [1.54, 1.807) is 31.2 Å². The smallest absolute Gasteiger partial charge is 0.244 e. The minimum atomic E-state index is -3.93. The largest absolute Gasteiger partial charge is 0.497 e. The summed E-state index contributed by atoms with van der Waals surface area (Å²) in [6, 6.07) is 11.2. The van der Waals surface area contributed by atoms with Crippen LogP contribution in [0.5, 0.6) is 5.75 Å². The SMILES string of the molecule is CC[C@H](C(=O)NC(C)(C)C)N(Cc1cccc(OC)c1)C(=O)CN(c1cccc(F)c1)S(C)(=O)=O. The predicted molar refractivity (Wildman–Crippen MR) is 134 cm³/mol. The van der Waals surface area contributed by atoms with Crippen molar-refractivity contribution in [3.05, 3.63) is 59.9 Å². The zero-order valence-electron chi connectivity index (χ0n) is 21.0. The van der Waals surface area contributed by atoms with Crippen molar-refractivity contribution in [2.24, 2.45) is 0 Å². The molecule has 0 unspecified atom stereocenters. The van der Waals surface area contributed by atoms with Crippen LogP contribution < -0.4 is 14.4 Å². The lowest BCUT2D eigenvalue weighted by Crippen LogP contribution is -2.55. The summed E-state index contributed by atoms with van der Waals surface area (Å²) in [4.78, 5) is 28.1. The molecule has 0 bridgehead atoms. The van der Waals surface area contributed by atoms with Gasteiger partial charge in [0.2, 0.25) is 21.8 Å². The summed E-state index contributed by atoms with van der Waals surface area (Å²) in [5.74, 6) is -1.00. The zero-order chi connectivity index (χ0) is 26.4. The second kappa shape index (κ2) is 11.5. The average molecular weight is 508 g/mol. The molecular weight excluding hydrogens is 473 g/mol. The van der Waals surface area contributed by atoms with Crippen molar-refractivity contribution in [1.82, 2.24) is 10.2 Å². The van der Waals surface area contributed by atoms with Gasteiger partial charge in [0.1, 0.15) is 24.2 Å². The third-order valence-corrected chi connectivity index (χ3v) is 6.29. The zero-order valence-corrected chi connectivity index (χ0v) is 21.9. The summed E-state index contributed by atoms with van der Waals surface area (Å²) in [5, 5.41) is 2.90. The topological polar surface area (TPSA) is 96.0 Å². The highest BCUT2D eigenvalue weighted by atomic mass is 32.2. The van der Waals surface area contributed by atoms with Gasteiger partial charge in [-0.05, 0) is 63.1 Å². The fourth-order valence-corrected chi connectivity index (χ4v) is 4.43. The fourth-order valence-electron chi connectivity index (χ4n) is 3.58. The van der Waals surface area contributed by atoms with Crippen LogP contribution in [-0.4, -0.2) is 56.6 Å². The minimum absolute atomic E-state index is 0.0226. The monoisotopic (exact) mass is 507 g/mol. The van der Waals surface area contributed by atoms with Gasteiger partial charge in [-0.2, -0.15) is 0 Å². The summed E-state index contributed by atoms with van der Waals surface area (Å²) in [6.45, 7) is 6.74. The molecule has 35 heavy (non-hydrogen) atoms. The number of amides is 2. The van der Waals surface area contributed by atoms with Crippen molar-refractivity contribution in [3.63, 3.8) is 0 Å². The summed E-state index contributed by atoms with van der Waals surface area (Å²) >= 11 is 0. The molecule has 2 aromatic carbocycles. The number of methoxy groups -OCH3 is 1. The maximum absolute atomic E-state index is 13.8. The van der Waals surface area contributed by atoms with Crippen molar-refractivity contribution >= 4 is 27.5 Å². The first-order chi connectivity index (χ1) is 16.2. The van der Waals surface area contributed by atoms with Gasteiger partial charge >= 0.3 is 0 Å². The lowest BCUT2D eigenvalue weighted by molar-refractivity contribution is -0.141. The number of hydrogen-bond acceptors (Lipinski definition) is 5. The Bertz CT molecular complexity index is 1150. The fraction of sp³-hybridized carbons (Fsp3) is 0.440. The summed E-state index contributed by atoms with van der Waals surface area (Å²) in [5.41, 5.74) is 0.195. The van der Waals surface area contributed by atoms with Crippen LogP contribution in [0.15, 0.2) is 48.5 Å². The van der Waals surface area contributed by atoms with Crippen molar-refractivity contribution in [2.75, 3.05) is 24.2 Å². The van der Waals surface area contributed by atoms with Crippen LogP contribution in [0.25, 0.3) is 0 Å². The molecule has 2 rings (SSSR count). The van der Waals surface area contributed by atoms with Gasteiger partial charge in [-0.15, -0.1) is 0 Å². The molecule has 1 N–H and O–H groups in total. The summed E-state index contributed by atoms with van der Waals surface area (Å²) in [6.07, 6.45) is 1.25. The molecule has 10 heteroatoms. The molecule has 2 amide bonds. The number of hydrogen-bond donors (Lipinski definition) is 1. The van der Waals surface area contributed by atoms with Crippen molar-refractivity contribution in [3.8, 4) is 5.75 Å². The third kappa shape index (κ3) is 8.24. The molecule has 0 heterocycles. The maximum atomic E-state index is 13.8. The van der Waals surface area contributed by atoms with E-state index in [2.05, 4.69) is 5.32 Å². The molecule has 0 aliphatic carbocycles. The van der Waals surface area contributed by atoms with E-state index in [1.807, 2.05) is 20.8 Å². The van der Waals surface area contributed by atoms with Crippen molar-refractivity contribution in [1.29, 1.82) is 0 Å². The van der Waals surface area contributed by atoms with Crippen molar-refractivity contribution in [2.45, 2.75) is 52.2 Å². The molecule has 0 aromatic heterocycles. The Morgan fingerprint density at radius 3 is 2.31 bits per heavy atom. The van der Waals surface area contributed by atoms with Gasteiger partial charge in [0, 0.05) is 12.1 Å². The lowest BCUT2D eigenvalue weighted by atomic mass is 10.1. The molecule has 0 aliphatic heterocycles. The van der Waals surface area contributed by atoms with Crippen molar-refractivity contribution < 1.29 is 27.1 Å². The number of benzene rings is 2. The molecule has 8 nitrogen and oxygen atoms in total. The van der Waals surface area contributed by atoms with Crippen LogP contribution in [0.3, 0.4) is 0 Å². The number of carbonyl (C=O) groups excluding carboxylic acids is 2. The molecule has 0 fully saturated rings. The molecule has 0 aliphatic rings. The number of nitrogens with zero attached hydrogens (tertiary/aromatic N) is 2. The normalized spacial score (nSPS) is 12.5. The van der Waals surface area contributed by atoms with Gasteiger partial charge in [0.25, 0.3) is 0 Å². The molecule has 0 saturated carbocycles. The first-order valence-corrected chi connectivity index (χ1v) is 13.1. The Hall–Kier alpha value is -3.14. The second-order valence-corrected chi connectivity index (χ2v) is 11.2. The third-order valence-electron chi connectivity index (χ3n) is 5.15. The number of sulfonamides is 1. The van der Waals surface area contributed by atoms with E-state index >= 15 is 0 Å². The predicted octanol–water partition coefficient (Wildman–Crippen LogP) is 3.32. The standard InChI is InChI=1S/C25H34FN3O5S/c1-7-22(24(31)27-25(2,3)4)28(16-18-10-8-13-21(14-18)34-5)23(30)17-29(35(6,32)33)20-12-9-11-19(26)15-20/h8-15,22H,7,16-17H2,1-6H3,(H,27,31)/t22-/m1/s1. The Morgan fingerprint density at radius 1 is 1.11 bits per heavy atom. The van der Waals surface area contributed by atoms with Gasteiger partial charge < -0.3 is 15.0 Å². The Labute approximate surface area is 207 Å². The first-order valence-electron chi connectivity index (χ1n) is 11.2. The minimum Gasteiger partial charge on any atom is -0.497 e. The number of ether oxygens (including phenoxy) is 1. The van der Waals surface area contributed by atoms with E-state index in [-0.39, 0.29) is 18.1 Å². The number of rotatable bonds is 10. The molecule has 0 saturated heterocycles. The number of nitrogens with one attached hydrogen (secondary N) is 1. The van der Waals surface area contributed by atoms with Crippen LogP contribution in [-0.2, 0) is 26.2 Å². The van der Waals surface area contributed by atoms with E-state index in [0.29, 0.717) is 17.7 Å². The number of carbonyl (C=O) groups is 2. The van der Waals surface area contributed by atoms with Crippen LogP contribution in [0.1, 0.15) is 39.7 Å². The highest BCUT2D eigenvalue weighted by Gasteiger charge is 2.33. The van der Waals surface area contributed by atoms with E-state index in [9.17, 15) is 22.4 Å². The van der Waals surface area contributed by atoms with Gasteiger partial charge in [-0.25, -0.2) is 12.8 Å². The van der Waals surface area contributed by atoms with E-state index in [1.165, 1.54) is 30.2 Å². The molecular formula is C25H34FN3O5S.